The van der Waals surface area contributed by atoms with Gasteiger partial charge in [0.05, 0.1) is 20.3 Å². The van der Waals surface area contributed by atoms with Crippen LogP contribution in [0.3, 0.4) is 0 Å². The van der Waals surface area contributed by atoms with E-state index < -0.39 is 0 Å². The fourth-order valence-corrected chi connectivity index (χ4v) is 4.86. The van der Waals surface area contributed by atoms with Crippen molar-refractivity contribution in [1.29, 1.82) is 0 Å². The molecule has 1 heterocycles. The monoisotopic (exact) mass is 379 g/mol. The molecule has 1 fully saturated rings. The van der Waals surface area contributed by atoms with E-state index in [9.17, 15) is 4.79 Å². The number of benzene rings is 2. The first-order valence-corrected chi connectivity index (χ1v) is 10.0. The Bertz CT molecular complexity index is 867. The van der Waals surface area contributed by atoms with Crippen molar-refractivity contribution in [2.24, 2.45) is 11.3 Å². The predicted molar refractivity (Wildman–Crippen MR) is 110 cm³/mol. The van der Waals surface area contributed by atoms with Crippen LogP contribution in [0.2, 0.25) is 0 Å². The van der Waals surface area contributed by atoms with E-state index in [2.05, 4.69) is 43.0 Å². The molecular weight excluding hydrogens is 350 g/mol. The third-order valence-electron chi connectivity index (χ3n) is 6.22. The van der Waals surface area contributed by atoms with Crippen molar-refractivity contribution in [3.05, 3.63) is 59.2 Å². The van der Waals surface area contributed by atoms with Crippen LogP contribution in [-0.4, -0.2) is 31.6 Å². The number of ether oxygens (including phenoxy) is 2. The topological polar surface area (TPSA) is 38.8 Å². The molecule has 1 aliphatic heterocycles. The lowest BCUT2D eigenvalue weighted by molar-refractivity contribution is -0.144. The highest BCUT2D eigenvalue weighted by Crippen LogP contribution is 2.48. The van der Waals surface area contributed by atoms with Crippen LogP contribution in [0.25, 0.3) is 0 Å². The Balaban J connectivity index is 1.76. The maximum Gasteiger partial charge on any atom is 0.226 e. The first-order valence-electron chi connectivity index (χ1n) is 10.0. The molecule has 0 N–H and O–H groups in total. The largest absolute Gasteiger partial charge is 0.493 e. The average Bonchev–Trinajstić information content (AvgIpc) is 2.70. The van der Waals surface area contributed by atoms with Gasteiger partial charge >= 0.3 is 0 Å². The van der Waals surface area contributed by atoms with Crippen LogP contribution in [0.1, 0.15) is 49.4 Å². The molecule has 4 rings (SSSR count). The molecule has 148 valence electrons. The Hall–Kier alpha value is -2.49. The molecule has 1 atom stereocenters. The first kappa shape index (κ1) is 18.9. The van der Waals surface area contributed by atoms with Crippen molar-refractivity contribution in [2.75, 3.05) is 20.8 Å². The summed E-state index contributed by atoms with van der Waals surface area (Å²) in [4.78, 5) is 15.5. The van der Waals surface area contributed by atoms with Gasteiger partial charge in [-0.1, -0.05) is 44.2 Å². The highest BCUT2D eigenvalue weighted by Gasteiger charge is 2.44. The molecule has 4 heteroatoms. The van der Waals surface area contributed by atoms with Gasteiger partial charge < -0.3 is 14.4 Å². The molecule has 0 radical (unpaired) electrons. The molecule has 1 saturated carbocycles. The lowest BCUT2D eigenvalue weighted by Gasteiger charge is -2.46. The van der Waals surface area contributed by atoms with Crippen LogP contribution in [-0.2, 0) is 11.2 Å². The van der Waals surface area contributed by atoms with Gasteiger partial charge in [-0.25, -0.2) is 0 Å². The van der Waals surface area contributed by atoms with E-state index in [-0.39, 0.29) is 23.3 Å². The zero-order chi connectivity index (χ0) is 19.9. The van der Waals surface area contributed by atoms with Crippen molar-refractivity contribution in [3.8, 4) is 11.5 Å². The van der Waals surface area contributed by atoms with Crippen LogP contribution < -0.4 is 9.47 Å². The molecule has 1 aliphatic carbocycles. The summed E-state index contributed by atoms with van der Waals surface area (Å²) in [7, 11) is 3.32. The maximum absolute atomic E-state index is 13.4. The van der Waals surface area contributed by atoms with Gasteiger partial charge in [0.15, 0.2) is 11.5 Å². The number of fused-ring (bicyclic) bond motifs is 1. The number of methoxy groups -OCH3 is 2. The van der Waals surface area contributed by atoms with Gasteiger partial charge in [-0.05, 0) is 53.5 Å². The van der Waals surface area contributed by atoms with Crippen LogP contribution in [0.5, 0.6) is 11.5 Å². The van der Waals surface area contributed by atoms with Crippen molar-refractivity contribution >= 4 is 5.91 Å². The Morgan fingerprint density at radius 1 is 1.04 bits per heavy atom. The molecule has 2 aliphatic rings. The Kier molecular flexibility index (Phi) is 4.82. The van der Waals surface area contributed by atoms with Crippen LogP contribution in [0.15, 0.2) is 42.5 Å². The Morgan fingerprint density at radius 2 is 1.68 bits per heavy atom. The summed E-state index contributed by atoms with van der Waals surface area (Å²) in [5.41, 5.74) is 3.79. The molecule has 0 spiro atoms. The summed E-state index contributed by atoms with van der Waals surface area (Å²) in [5, 5.41) is 0. The molecule has 1 amide bonds. The quantitative estimate of drug-likeness (QED) is 0.778. The van der Waals surface area contributed by atoms with E-state index in [4.69, 9.17) is 9.47 Å². The highest BCUT2D eigenvalue weighted by atomic mass is 16.5. The Morgan fingerprint density at radius 3 is 2.29 bits per heavy atom. The van der Waals surface area contributed by atoms with Gasteiger partial charge in [0.1, 0.15) is 0 Å². The zero-order valence-electron chi connectivity index (χ0n) is 17.2. The SMILES string of the molecule is COc1cc2c(cc1OC)C(c1ccccc1)N(C(=O)C1CC(C)(C)C1)CC2. The van der Waals surface area contributed by atoms with Crippen molar-refractivity contribution in [3.63, 3.8) is 0 Å². The van der Waals surface area contributed by atoms with E-state index in [1.54, 1.807) is 14.2 Å². The third kappa shape index (κ3) is 3.25. The summed E-state index contributed by atoms with van der Waals surface area (Å²) < 4.78 is 11.1. The van der Waals surface area contributed by atoms with E-state index in [1.165, 1.54) is 5.56 Å². The average molecular weight is 380 g/mol. The minimum atomic E-state index is -0.0824. The smallest absolute Gasteiger partial charge is 0.226 e. The van der Waals surface area contributed by atoms with Gasteiger partial charge in [0.2, 0.25) is 5.91 Å². The minimum Gasteiger partial charge on any atom is -0.493 e. The summed E-state index contributed by atoms with van der Waals surface area (Å²) in [6, 6.07) is 14.4. The molecule has 1 unspecified atom stereocenters. The van der Waals surface area contributed by atoms with Gasteiger partial charge in [-0.3, -0.25) is 4.79 Å². The van der Waals surface area contributed by atoms with E-state index in [0.29, 0.717) is 5.75 Å². The number of nitrogens with zero attached hydrogens (tertiary/aromatic N) is 1. The molecule has 2 aromatic carbocycles. The number of rotatable bonds is 4. The predicted octanol–water partition coefficient (Wildman–Crippen LogP) is 4.61. The minimum absolute atomic E-state index is 0.0824. The molecule has 0 saturated heterocycles. The fourth-order valence-electron chi connectivity index (χ4n) is 4.86. The highest BCUT2D eigenvalue weighted by molar-refractivity contribution is 5.81. The maximum atomic E-state index is 13.4. The second-order valence-electron chi connectivity index (χ2n) is 8.77. The molecule has 28 heavy (non-hydrogen) atoms. The van der Waals surface area contributed by atoms with Crippen molar-refractivity contribution in [1.82, 2.24) is 4.90 Å². The second-order valence-corrected chi connectivity index (χ2v) is 8.77. The van der Waals surface area contributed by atoms with Crippen LogP contribution in [0.4, 0.5) is 0 Å². The summed E-state index contributed by atoms with van der Waals surface area (Å²) in [6.45, 7) is 5.22. The number of hydrogen-bond acceptors (Lipinski definition) is 3. The summed E-state index contributed by atoms with van der Waals surface area (Å²) >= 11 is 0. The van der Waals surface area contributed by atoms with Crippen LogP contribution >= 0.6 is 0 Å². The van der Waals surface area contributed by atoms with E-state index >= 15 is 0 Å². The van der Waals surface area contributed by atoms with Crippen LogP contribution in [0, 0.1) is 11.3 Å². The number of amides is 1. The summed E-state index contributed by atoms with van der Waals surface area (Å²) in [5.74, 6) is 1.88. The lowest BCUT2D eigenvalue weighted by Crippen LogP contribution is -2.48. The standard InChI is InChI=1S/C24H29NO3/c1-24(2)14-18(15-24)23(26)25-11-10-17-12-20(27-3)21(28-4)13-19(17)22(25)16-8-6-5-7-9-16/h5-9,12-13,18,22H,10-11,14-15H2,1-4H3. The van der Waals surface area contributed by atoms with E-state index in [1.807, 2.05) is 18.2 Å². The first-order chi connectivity index (χ1) is 13.4. The normalized spacial score (nSPS) is 20.9. The molecule has 4 nitrogen and oxygen atoms in total. The van der Waals surface area contributed by atoms with E-state index in [0.717, 1.165) is 42.7 Å². The molecule has 0 aromatic heterocycles. The Labute approximate surface area is 167 Å². The van der Waals surface area contributed by atoms with Crippen molar-refractivity contribution < 1.29 is 14.3 Å². The number of carbonyl (C=O) groups excluding carboxylic acids is 1. The fraction of sp³-hybridized carbons (Fsp3) is 0.458. The zero-order valence-corrected chi connectivity index (χ0v) is 17.2. The second kappa shape index (κ2) is 7.16. The summed E-state index contributed by atoms with van der Waals surface area (Å²) in [6.07, 6.45) is 2.78. The van der Waals surface area contributed by atoms with Gasteiger partial charge in [-0.15, -0.1) is 0 Å². The third-order valence-corrected chi connectivity index (χ3v) is 6.22. The van der Waals surface area contributed by atoms with Gasteiger partial charge in [-0.2, -0.15) is 0 Å². The van der Waals surface area contributed by atoms with Crippen molar-refractivity contribution in [2.45, 2.75) is 39.2 Å². The molecular formula is C24H29NO3. The lowest BCUT2D eigenvalue weighted by atomic mass is 9.64. The van der Waals surface area contributed by atoms with Gasteiger partial charge in [0.25, 0.3) is 0 Å². The number of hydrogen-bond donors (Lipinski definition) is 0. The number of carbonyl (C=O) groups is 1. The van der Waals surface area contributed by atoms with Gasteiger partial charge in [0, 0.05) is 12.5 Å². The molecule has 2 aromatic rings. The molecule has 0 bridgehead atoms.